The smallest absolute Gasteiger partial charge is 0.409 e. The number of nitrogens with zero attached hydrogens (tertiary/aromatic N) is 3. The normalized spacial score (nSPS) is 15.5. The summed E-state index contributed by atoms with van der Waals surface area (Å²) in [6, 6.07) is 0. The van der Waals surface area contributed by atoms with Gasteiger partial charge in [-0.1, -0.05) is 0 Å². The number of amides is 2. The number of carbonyl (C=O) groups is 2. The molecular weight excluding hydrogens is 266 g/mol. The zero-order valence-electron chi connectivity index (χ0n) is 11.1. The molecule has 2 heterocycles. The lowest BCUT2D eigenvalue weighted by molar-refractivity contribution is 0.0574. The summed E-state index contributed by atoms with van der Waals surface area (Å²) in [6.45, 7) is 6.13. The summed E-state index contributed by atoms with van der Waals surface area (Å²) in [5.41, 5.74) is 0. The highest BCUT2D eigenvalue weighted by atomic mass is 32.1. The van der Waals surface area contributed by atoms with Gasteiger partial charge in [0.15, 0.2) is 0 Å². The van der Waals surface area contributed by atoms with Crippen molar-refractivity contribution in [1.82, 2.24) is 14.8 Å². The Morgan fingerprint density at radius 3 is 2.47 bits per heavy atom. The molecule has 1 fully saturated rings. The molecule has 0 unspecified atom stereocenters. The number of hydrogen-bond donors (Lipinski definition) is 0. The van der Waals surface area contributed by atoms with E-state index in [1.807, 2.05) is 6.92 Å². The fourth-order valence-corrected chi connectivity index (χ4v) is 2.67. The van der Waals surface area contributed by atoms with E-state index >= 15 is 0 Å². The Hall–Kier alpha value is -1.63. The summed E-state index contributed by atoms with van der Waals surface area (Å²) in [5.74, 6) is -0.00545. The van der Waals surface area contributed by atoms with Gasteiger partial charge >= 0.3 is 6.09 Å². The van der Waals surface area contributed by atoms with E-state index in [2.05, 4.69) is 4.98 Å². The van der Waals surface area contributed by atoms with Gasteiger partial charge in [0, 0.05) is 26.2 Å². The third-order valence-electron chi connectivity index (χ3n) is 2.92. The highest BCUT2D eigenvalue weighted by Gasteiger charge is 2.26. The summed E-state index contributed by atoms with van der Waals surface area (Å²) < 4.78 is 4.94. The lowest BCUT2D eigenvalue weighted by Crippen LogP contribution is -2.50. The molecule has 19 heavy (non-hydrogen) atoms. The maximum Gasteiger partial charge on any atom is 0.409 e. The molecule has 0 N–H and O–H groups in total. The van der Waals surface area contributed by atoms with Gasteiger partial charge in [0.1, 0.15) is 4.88 Å². The van der Waals surface area contributed by atoms with Crippen molar-refractivity contribution in [2.45, 2.75) is 13.8 Å². The van der Waals surface area contributed by atoms with E-state index < -0.39 is 0 Å². The van der Waals surface area contributed by atoms with Crippen LogP contribution in [0.2, 0.25) is 0 Å². The molecule has 7 heteroatoms. The number of aromatic nitrogens is 1. The third kappa shape index (κ3) is 3.23. The van der Waals surface area contributed by atoms with Gasteiger partial charge in [-0.3, -0.25) is 4.79 Å². The maximum absolute atomic E-state index is 12.2. The molecule has 104 valence electrons. The molecule has 0 saturated carbocycles. The number of rotatable bonds is 2. The van der Waals surface area contributed by atoms with Crippen LogP contribution in [-0.2, 0) is 4.74 Å². The molecule has 1 saturated heterocycles. The first-order valence-electron chi connectivity index (χ1n) is 6.25. The molecule has 0 spiro atoms. The number of hydrogen-bond acceptors (Lipinski definition) is 5. The summed E-state index contributed by atoms with van der Waals surface area (Å²) in [6.07, 6.45) is 1.31. The van der Waals surface area contributed by atoms with Crippen LogP contribution in [0.15, 0.2) is 6.20 Å². The first kappa shape index (κ1) is 13.8. The average Bonchev–Trinajstić information content (AvgIpc) is 2.85. The van der Waals surface area contributed by atoms with Crippen molar-refractivity contribution in [2.75, 3.05) is 32.8 Å². The van der Waals surface area contributed by atoms with Crippen LogP contribution in [0.1, 0.15) is 21.6 Å². The molecule has 1 aliphatic heterocycles. The summed E-state index contributed by atoms with van der Waals surface area (Å²) in [7, 11) is 0. The quantitative estimate of drug-likeness (QED) is 0.822. The summed E-state index contributed by atoms with van der Waals surface area (Å²) >= 11 is 1.40. The van der Waals surface area contributed by atoms with Gasteiger partial charge in [-0.25, -0.2) is 9.78 Å². The van der Waals surface area contributed by atoms with Gasteiger partial charge in [-0.15, -0.1) is 11.3 Å². The maximum atomic E-state index is 12.2. The minimum Gasteiger partial charge on any atom is -0.450 e. The Kier molecular flexibility index (Phi) is 4.36. The van der Waals surface area contributed by atoms with Gasteiger partial charge in [-0.2, -0.15) is 0 Å². The van der Waals surface area contributed by atoms with E-state index in [0.29, 0.717) is 37.7 Å². The van der Waals surface area contributed by atoms with E-state index in [4.69, 9.17) is 4.74 Å². The molecule has 0 atom stereocenters. The Bertz CT molecular complexity index is 467. The molecule has 0 radical (unpaired) electrons. The van der Waals surface area contributed by atoms with Crippen LogP contribution in [0.3, 0.4) is 0 Å². The monoisotopic (exact) mass is 283 g/mol. The second kappa shape index (κ2) is 6.01. The number of carbonyl (C=O) groups excluding carboxylic acids is 2. The Morgan fingerprint density at radius 2 is 1.95 bits per heavy atom. The van der Waals surface area contributed by atoms with E-state index in [0.717, 1.165) is 5.01 Å². The van der Waals surface area contributed by atoms with Gasteiger partial charge in [0.05, 0.1) is 17.8 Å². The molecule has 6 nitrogen and oxygen atoms in total. The SMILES string of the molecule is CCOC(=O)N1CCN(C(=O)c2cnc(C)s2)CC1. The van der Waals surface area contributed by atoms with Gasteiger partial charge in [-0.05, 0) is 13.8 Å². The summed E-state index contributed by atoms with van der Waals surface area (Å²) in [4.78, 5) is 31.8. The van der Waals surface area contributed by atoms with Crippen LogP contribution in [-0.4, -0.2) is 59.6 Å². The van der Waals surface area contributed by atoms with Crippen LogP contribution < -0.4 is 0 Å². The summed E-state index contributed by atoms with van der Waals surface area (Å²) in [5, 5.41) is 0.883. The first-order chi connectivity index (χ1) is 9.11. The van der Waals surface area contributed by atoms with Crippen LogP contribution in [0.25, 0.3) is 0 Å². The fourth-order valence-electron chi connectivity index (χ4n) is 1.92. The van der Waals surface area contributed by atoms with Crippen molar-refractivity contribution in [2.24, 2.45) is 0 Å². The molecule has 0 aliphatic carbocycles. The third-order valence-corrected chi connectivity index (χ3v) is 3.83. The molecule has 2 amide bonds. The highest BCUT2D eigenvalue weighted by Crippen LogP contribution is 2.15. The average molecular weight is 283 g/mol. The van der Waals surface area contributed by atoms with Crippen LogP contribution in [0, 0.1) is 6.92 Å². The Labute approximate surface area is 116 Å². The van der Waals surface area contributed by atoms with Crippen molar-refractivity contribution in [3.8, 4) is 0 Å². The van der Waals surface area contributed by atoms with Crippen molar-refractivity contribution in [3.63, 3.8) is 0 Å². The first-order valence-corrected chi connectivity index (χ1v) is 7.07. The van der Waals surface area contributed by atoms with Crippen molar-refractivity contribution >= 4 is 23.3 Å². The van der Waals surface area contributed by atoms with Gasteiger partial charge < -0.3 is 14.5 Å². The molecular formula is C12H17N3O3S. The second-order valence-corrected chi connectivity index (χ2v) is 5.46. The van der Waals surface area contributed by atoms with Gasteiger partial charge in [0.25, 0.3) is 5.91 Å². The van der Waals surface area contributed by atoms with E-state index in [1.165, 1.54) is 11.3 Å². The predicted octanol–water partition coefficient (Wildman–Crippen LogP) is 1.37. The minimum absolute atomic E-state index is 0.00545. The van der Waals surface area contributed by atoms with Gasteiger partial charge in [0.2, 0.25) is 0 Å². The van der Waals surface area contributed by atoms with Crippen molar-refractivity contribution < 1.29 is 14.3 Å². The molecule has 1 aromatic heterocycles. The van der Waals surface area contributed by atoms with Crippen molar-refractivity contribution in [1.29, 1.82) is 0 Å². The number of aryl methyl sites for hydroxylation is 1. The van der Waals surface area contributed by atoms with Crippen LogP contribution >= 0.6 is 11.3 Å². The van der Waals surface area contributed by atoms with E-state index in [-0.39, 0.29) is 12.0 Å². The fraction of sp³-hybridized carbons (Fsp3) is 0.583. The van der Waals surface area contributed by atoms with Crippen LogP contribution in [0.4, 0.5) is 4.79 Å². The topological polar surface area (TPSA) is 62.7 Å². The minimum atomic E-state index is -0.303. The second-order valence-electron chi connectivity index (χ2n) is 4.22. The zero-order valence-corrected chi connectivity index (χ0v) is 11.9. The lowest BCUT2D eigenvalue weighted by atomic mass is 10.3. The van der Waals surface area contributed by atoms with Crippen molar-refractivity contribution in [3.05, 3.63) is 16.1 Å². The molecule has 0 aromatic carbocycles. The standard InChI is InChI=1S/C12H17N3O3S/c1-3-18-12(17)15-6-4-14(5-7-15)11(16)10-8-13-9(2)19-10/h8H,3-7H2,1-2H3. The molecule has 1 aromatic rings. The lowest BCUT2D eigenvalue weighted by Gasteiger charge is -2.33. The predicted molar refractivity (Wildman–Crippen MR) is 71.3 cm³/mol. The van der Waals surface area contributed by atoms with E-state index in [9.17, 15) is 9.59 Å². The number of piperazine rings is 1. The molecule has 2 rings (SSSR count). The van der Waals surface area contributed by atoms with E-state index in [1.54, 1.807) is 22.9 Å². The largest absolute Gasteiger partial charge is 0.450 e. The van der Waals surface area contributed by atoms with Crippen LogP contribution in [0.5, 0.6) is 0 Å². The molecule has 0 bridgehead atoms. The number of thiazole rings is 1. The number of ether oxygens (including phenoxy) is 1. The Balaban J connectivity index is 1.89. The molecule has 1 aliphatic rings. The highest BCUT2D eigenvalue weighted by molar-refractivity contribution is 7.13. The zero-order chi connectivity index (χ0) is 13.8. The Morgan fingerprint density at radius 1 is 1.32 bits per heavy atom.